The lowest BCUT2D eigenvalue weighted by Gasteiger charge is -2.46. The molecule has 2 saturated carbocycles. The third-order valence-corrected chi connectivity index (χ3v) is 6.77. The minimum atomic E-state index is -0.0769. The van der Waals surface area contributed by atoms with Gasteiger partial charge in [-0.25, -0.2) is 4.98 Å². The molecule has 2 bridgehead atoms. The van der Waals surface area contributed by atoms with Crippen LogP contribution in [0.1, 0.15) is 61.6 Å². The number of aryl methyl sites for hydroxylation is 1. The minimum Gasteiger partial charge on any atom is -0.359 e. The van der Waals surface area contributed by atoms with E-state index in [2.05, 4.69) is 32.5 Å². The Bertz CT molecular complexity index is 706. The van der Waals surface area contributed by atoms with Crippen LogP contribution in [0.5, 0.6) is 0 Å². The molecule has 2 fully saturated rings. The van der Waals surface area contributed by atoms with Gasteiger partial charge in [0.05, 0.1) is 17.8 Å². The van der Waals surface area contributed by atoms with Crippen molar-refractivity contribution in [2.75, 3.05) is 5.88 Å². The highest BCUT2D eigenvalue weighted by Gasteiger charge is 2.54. The highest BCUT2D eigenvalue weighted by Crippen LogP contribution is 2.53. The summed E-state index contributed by atoms with van der Waals surface area (Å²) in [6.45, 7) is 4.08. The molecule has 3 aliphatic rings. The molecule has 2 atom stereocenters. The Morgan fingerprint density at radius 2 is 2.12 bits per heavy atom. The zero-order chi connectivity index (χ0) is 16.8. The van der Waals surface area contributed by atoms with Gasteiger partial charge in [-0.15, -0.1) is 11.8 Å². The molecule has 0 radical (unpaired) electrons. The van der Waals surface area contributed by atoms with Gasteiger partial charge in [-0.2, -0.15) is 0 Å². The Morgan fingerprint density at radius 1 is 1.25 bits per heavy atom. The van der Waals surface area contributed by atoms with Gasteiger partial charge in [0.1, 0.15) is 5.69 Å². The Hall–Kier alpha value is -1.56. The molecule has 6 heteroatoms. The Balaban J connectivity index is 1.54. The van der Waals surface area contributed by atoms with Gasteiger partial charge < -0.3 is 10.2 Å². The third-order valence-electron chi connectivity index (χ3n) is 5.86. The van der Waals surface area contributed by atoms with Crippen molar-refractivity contribution in [2.45, 2.75) is 63.5 Å². The van der Waals surface area contributed by atoms with E-state index >= 15 is 0 Å². The van der Waals surface area contributed by atoms with Gasteiger partial charge >= 0.3 is 0 Å². The molecule has 1 aliphatic heterocycles. The average molecular weight is 344 g/mol. The van der Waals surface area contributed by atoms with Crippen LogP contribution in [0.3, 0.4) is 0 Å². The van der Waals surface area contributed by atoms with E-state index in [1.165, 1.54) is 25.0 Å². The van der Waals surface area contributed by atoms with Crippen molar-refractivity contribution in [3.05, 3.63) is 34.9 Å². The van der Waals surface area contributed by atoms with Gasteiger partial charge in [0, 0.05) is 23.0 Å². The van der Waals surface area contributed by atoms with Gasteiger partial charge in [0.2, 0.25) is 0 Å². The number of hydrogen-bond donors (Lipinski definition) is 1. The number of allylic oxidation sites excluding steroid dienone is 1. The molecule has 2 aliphatic carbocycles. The normalized spacial score (nSPS) is 31.9. The SMILES string of the molecule is CC1=CSCN1C12CCCC(NC(=O)c3cncc(C)n3)(CC1)C2. The molecule has 2 unspecified atom stereocenters. The number of thioether (sulfide) groups is 1. The standard InChI is InChI=1S/C18H24N4OS/c1-13-8-19-9-15(20-13)16(23)21-17-4-3-5-18(11-17,7-6-17)22-12-24-10-14(22)2/h8-10H,3-7,11-12H2,1-2H3,(H,21,23). The maximum absolute atomic E-state index is 12.7. The number of hydrogen-bond acceptors (Lipinski definition) is 5. The lowest BCUT2D eigenvalue weighted by molar-refractivity contribution is 0.0784. The van der Waals surface area contributed by atoms with Crippen LogP contribution < -0.4 is 5.32 Å². The molecule has 128 valence electrons. The van der Waals surface area contributed by atoms with Crippen molar-refractivity contribution in [1.29, 1.82) is 0 Å². The summed E-state index contributed by atoms with van der Waals surface area (Å²) in [5.41, 5.74) is 2.75. The number of fused-ring (bicyclic) bond motifs is 2. The van der Waals surface area contributed by atoms with Crippen molar-refractivity contribution < 1.29 is 4.79 Å². The molecule has 5 nitrogen and oxygen atoms in total. The lowest BCUT2D eigenvalue weighted by Crippen LogP contribution is -2.54. The first-order valence-corrected chi connectivity index (χ1v) is 9.74. The molecule has 0 aromatic carbocycles. The van der Waals surface area contributed by atoms with Crippen LogP contribution >= 0.6 is 11.8 Å². The lowest BCUT2D eigenvalue weighted by atomic mass is 9.77. The summed E-state index contributed by atoms with van der Waals surface area (Å²) in [7, 11) is 0. The van der Waals surface area contributed by atoms with E-state index in [-0.39, 0.29) is 17.0 Å². The summed E-state index contributed by atoms with van der Waals surface area (Å²) < 4.78 is 0. The molecule has 24 heavy (non-hydrogen) atoms. The molecule has 1 N–H and O–H groups in total. The highest BCUT2D eigenvalue weighted by atomic mass is 32.2. The van der Waals surface area contributed by atoms with E-state index in [4.69, 9.17) is 0 Å². The quantitative estimate of drug-likeness (QED) is 0.912. The Morgan fingerprint density at radius 3 is 2.88 bits per heavy atom. The van der Waals surface area contributed by atoms with E-state index in [0.29, 0.717) is 5.69 Å². The molecule has 1 aromatic heterocycles. The fraction of sp³-hybridized carbons (Fsp3) is 0.611. The van der Waals surface area contributed by atoms with Crippen LogP contribution in [-0.2, 0) is 0 Å². The van der Waals surface area contributed by atoms with Crippen molar-refractivity contribution in [3.63, 3.8) is 0 Å². The molecular weight excluding hydrogens is 320 g/mol. The average Bonchev–Trinajstić information content (AvgIpc) is 3.10. The molecule has 4 rings (SSSR count). The second-order valence-electron chi connectivity index (χ2n) is 7.52. The van der Waals surface area contributed by atoms with Crippen LogP contribution in [0.4, 0.5) is 0 Å². The smallest absolute Gasteiger partial charge is 0.271 e. The van der Waals surface area contributed by atoms with E-state index in [9.17, 15) is 4.79 Å². The van der Waals surface area contributed by atoms with Gasteiger partial charge in [-0.3, -0.25) is 9.78 Å². The Kier molecular flexibility index (Phi) is 3.82. The zero-order valence-corrected chi connectivity index (χ0v) is 15.2. The Labute approximate surface area is 147 Å². The van der Waals surface area contributed by atoms with Crippen molar-refractivity contribution in [2.24, 2.45) is 0 Å². The second-order valence-corrected chi connectivity index (χ2v) is 8.35. The summed E-state index contributed by atoms with van der Waals surface area (Å²) >= 11 is 1.89. The molecule has 2 heterocycles. The fourth-order valence-electron chi connectivity index (χ4n) is 4.78. The minimum absolute atomic E-state index is 0.0751. The molecule has 1 amide bonds. The van der Waals surface area contributed by atoms with Crippen LogP contribution in [0.25, 0.3) is 0 Å². The summed E-state index contributed by atoms with van der Waals surface area (Å²) in [5.74, 6) is 0.978. The van der Waals surface area contributed by atoms with Crippen LogP contribution in [0.2, 0.25) is 0 Å². The summed E-state index contributed by atoms with van der Waals surface area (Å²) in [6.07, 6.45) is 10.0. The summed E-state index contributed by atoms with van der Waals surface area (Å²) in [4.78, 5) is 23.7. The number of nitrogens with zero attached hydrogens (tertiary/aromatic N) is 3. The first-order valence-electron chi connectivity index (χ1n) is 8.69. The maximum Gasteiger partial charge on any atom is 0.271 e. The van der Waals surface area contributed by atoms with Crippen molar-refractivity contribution in [1.82, 2.24) is 20.2 Å². The molecular formula is C18H24N4OS. The zero-order valence-electron chi connectivity index (χ0n) is 14.3. The summed E-state index contributed by atoms with van der Waals surface area (Å²) in [6, 6.07) is 0. The van der Waals surface area contributed by atoms with Gasteiger partial charge in [0.15, 0.2) is 0 Å². The monoisotopic (exact) mass is 344 g/mol. The van der Waals surface area contributed by atoms with Gasteiger partial charge in [-0.05, 0) is 57.8 Å². The van der Waals surface area contributed by atoms with Crippen molar-refractivity contribution in [3.8, 4) is 0 Å². The number of rotatable bonds is 3. The maximum atomic E-state index is 12.7. The van der Waals surface area contributed by atoms with E-state index in [0.717, 1.165) is 30.8 Å². The van der Waals surface area contributed by atoms with Crippen molar-refractivity contribution >= 4 is 17.7 Å². The van der Waals surface area contributed by atoms with Crippen LogP contribution in [-0.4, -0.2) is 37.7 Å². The van der Waals surface area contributed by atoms with E-state index in [1.807, 2.05) is 18.7 Å². The topological polar surface area (TPSA) is 58.1 Å². The predicted molar refractivity (Wildman–Crippen MR) is 95.5 cm³/mol. The number of carbonyl (C=O) groups excluding carboxylic acids is 1. The summed E-state index contributed by atoms with van der Waals surface area (Å²) in [5, 5.41) is 5.60. The molecule has 0 spiro atoms. The van der Waals surface area contributed by atoms with Gasteiger partial charge in [0.25, 0.3) is 5.91 Å². The predicted octanol–water partition coefficient (Wildman–Crippen LogP) is 3.23. The fourth-order valence-corrected chi connectivity index (χ4v) is 5.85. The number of nitrogens with one attached hydrogen (secondary N) is 1. The second kappa shape index (κ2) is 5.76. The number of amides is 1. The van der Waals surface area contributed by atoms with Gasteiger partial charge in [-0.1, -0.05) is 0 Å². The molecule has 0 saturated heterocycles. The van der Waals surface area contributed by atoms with Crippen LogP contribution in [0, 0.1) is 6.92 Å². The number of carbonyl (C=O) groups is 1. The first kappa shape index (κ1) is 15.9. The number of aromatic nitrogens is 2. The van der Waals surface area contributed by atoms with Crippen LogP contribution in [0.15, 0.2) is 23.5 Å². The highest BCUT2D eigenvalue weighted by molar-refractivity contribution is 8.02. The van der Waals surface area contributed by atoms with E-state index < -0.39 is 0 Å². The third kappa shape index (κ3) is 2.61. The molecule has 1 aromatic rings. The largest absolute Gasteiger partial charge is 0.359 e. The first-order chi connectivity index (χ1) is 11.5. The van der Waals surface area contributed by atoms with E-state index in [1.54, 1.807) is 12.4 Å².